The molecule has 1 heterocycles. The molecule has 1 aliphatic rings. The number of hydrogen-bond donors (Lipinski definition) is 0. The van der Waals surface area contributed by atoms with Gasteiger partial charge in [0.2, 0.25) is 5.91 Å². The monoisotopic (exact) mass is 396 g/mol. The quantitative estimate of drug-likeness (QED) is 0.604. The van der Waals surface area contributed by atoms with Crippen LogP contribution in [0.4, 0.5) is 0 Å². The topological polar surface area (TPSA) is 23.6 Å². The predicted octanol–water partition coefficient (Wildman–Crippen LogP) is 4.68. The molecule has 0 saturated carbocycles. The van der Waals surface area contributed by atoms with Crippen LogP contribution in [0, 0.1) is 0 Å². The van der Waals surface area contributed by atoms with Crippen molar-refractivity contribution in [1.82, 2.24) is 9.80 Å². The number of nitrogens with zero attached hydrogens (tertiary/aromatic N) is 2. The molecule has 0 N–H and O–H groups in total. The van der Waals surface area contributed by atoms with Gasteiger partial charge >= 0.3 is 0 Å². The first-order valence-electron chi connectivity index (χ1n) is 10.6. The van der Waals surface area contributed by atoms with E-state index in [1.54, 1.807) is 0 Å². The molecule has 1 fully saturated rings. The first-order valence-corrected chi connectivity index (χ1v) is 10.6. The van der Waals surface area contributed by atoms with Crippen LogP contribution in [0.1, 0.15) is 22.6 Å². The number of benzene rings is 3. The lowest BCUT2D eigenvalue weighted by Crippen LogP contribution is -2.50. The standard InChI is InChI=1S/C27H28N2O/c30-27(26(24-14-6-2-7-15-24)25-16-8-3-9-17-25)29-21-19-28(20-22-29)18-10-13-23-11-4-1-5-12-23/h1-17,26H,18-22H2. The molecule has 4 rings (SSSR count). The normalized spacial score (nSPS) is 15.0. The SMILES string of the molecule is O=C(C(c1ccccc1)c1ccccc1)N1CCN(CC=Cc2ccccc2)CC1. The number of carbonyl (C=O) groups is 1. The molecule has 3 heteroatoms. The van der Waals surface area contributed by atoms with Crippen molar-refractivity contribution in [3.8, 4) is 0 Å². The van der Waals surface area contributed by atoms with E-state index < -0.39 is 0 Å². The zero-order valence-corrected chi connectivity index (χ0v) is 17.2. The third-order valence-corrected chi connectivity index (χ3v) is 5.67. The van der Waals surface area contributed by atoms with Crippen molar-refractivity contribution in [2.45, 2.75) is 5.92 Å². The van der Waals surface area contributed by atoms with Crippen molar-refractivity contribution in [2.75, 3.05) is 32.7 Å². The van der Waals surface area contributed by atoms with Gasteiger partial charge in [-0.25, -0.2) is 0 Å². The summed E-state index contributed by atoms with van der Waals surface area (Å²) in [5.74, 6) is -0.0381. The van der Waals surface area contributed by atoms with Crippen molar-refractivity contribution < 1.29 is 4.79 Å². The summed E-state index contributed by atoms with van der Waals surface area (Å²) in [6.45, 7) is 4.27. The fourth-order valence-corrected chi connectivity index (χ4v) is 4.00. The molecular weight excluding hydrogens is 368 g/mol. The molecule has 30 heavy (non-hydrogen) atoms. The second-order valence-corrected chi connectivity index (χ2v) is 7.69. The molecule has 3 aromatic rings. The minimum absolute atomic E-state index is 0.201. The van der Waals surface area contributed by atoms with Gasteiger partial charge in [0.25, 0.3) is 0 Å². The fourth-order valence-electron chi connectivity index (χ4n) is 4.00. The Morgan fingerprint density at radius 2 is 1.23 bits per heavy atom. The molecule has 1 saturated heterocycles. The highest BCUT2D eigenvalue weighted by atomic mass is 16.2. The van der Waals surface area contributed by atoms with Gasteiger partial charge in [-0.3, -0.25) is 9.69 Å². The van der Waals surface area contributed by atoms with Gasteiger partial charge in [0.05, 0.1) is 5.92 Å². The Morgan fingerprint density at radius 1 is 0.733 bits per heavy atom. The molecular formula is C27H28N2O. The molecule has 152 valence electrons. The molecule has 0 unspecified atom stereocenters. The van der Waals surface area contributed by atoms with E-state index in [-0.39, 0.29) is 11.8 Å². The Labute approximate surface area is 179 Å². The van der Waals surface area contributed by atoms with Gasteiger partial charge in [-0.05, 0) is 16.7 Å². The van der Waals surface area contributed by atoms with E-state index in [4.69, 9.17) is 0 Å². The van der Waals surface area contributed by atoms with E-state index >= 15 is 0 Å². The highest BCUT2D eigenvalue weighted by Gasteiger charge is 2.29. The molecule has 0 aromatic heterocycles. The lowest BCUT2D eigenvalue weighted by atomic mass is 9.90. The highest BCUT2D eigenvalue weighted by Crippen LogP contribution is 2.27. The van der Waals surface area contributed by atoms with E-state index in [0.29, 0.717) is 0 Å². The molecule has 0 bridgehead atoms. The summed E-state index contributed by atoms with van der Waals surface area (Å²) in [5.41, 5.74) is 3.34. The van der Waals surface area contributed by atoms with Crippen LogP contribution < -0.4 is 0 Å². The third kappa shape index (κ3) is 5.05. The van der Waals surface area contributed by atoms with Gasteiger partial charge in [0.15, 0.2) is 0 Å². The van der Waals surface area contributed by atoms with Crippen LogP contribution in [0.3, 0.4) is 0 Å². The molecule has 0 radical (unpaired) electrons. The second kappa shape index (κ2) is 10.0. The first-order chi connectivity index (χ1) is 14.8. The molecule has 1 aliphatic heterocycles. The maximum absolute atomic E-state index is 13.5. The third-order valence-electron chi connectivity index (χ3n) is 5.67. The molecule has 3 aromatic carbocycles. The Kier molecular flexibility index (Phi) is 6.73. The van der Waals surface area contributed by atoms with E-state index in [0.717, 1.165) is 43.9 Å². The molecule has 0 spiro atoms. The number of carbonyl (C=O) groups excluding carboxylic acids is 1. The summed E-state index contributed by atoms with van der Waals surface area (Å²) in [6.07, 6.45) is 4.38. The van der Waals surface area contributed by atoms with Crippen LogP contribution >= 0.6 is 0 Å². The predicted molar refractivity (Wildman–Crippen MR) is 123 cm³/mol. The first kappa shape index (κ1) is 20.1. The van der Waals surface area contributed by atoms with Gasteiger partial charge < -0.3 is 4.90 Å². The minimum Gasteiger partial charge on any atom is -0.339 e. The number of amides is 1. The number of piperazine rings is 1. The van der Waals surface area contributed by atoms with Gasteiger partial charge in [-0.1, -0.05) is 103 Å². The summed E-state index contributed by atoms with van der Waals surface area (Å²) in [4.78, 5) is 17.9. The van der Waals surface area contributed by atoms with E-state index in [1.165, 1.54) is 5.56 Å². The van der Waals surface area contributed by atoms with E-state index in [1.807, 2.05) is 47.4 Å². The molecule has 0 atom stereocenters. The summed E-state index contributed by atoms with van der Waals surface area (Å²) in [5, 5.41) is 0. The number of rotatable bonds is 6. The van der Waals surface area contributed by atoms with Crippen molar-refractivity contribution in [3.05, 3.63) is 114 Å². The molecule has 1 amide bonds. The fraction of sp³-hybridized carbons (Fsp3) is 0.222. The average Bonchev–Trinajstić information content (AvgIpc) is 2.82. The Bertz CT molecular complexity index is 906. The van der Waals surface area contributed by atoms with E-state index in [2.05, 4.69) is 65.6 Å². The van der Waals surface area contributed by atoms with Gasteiger partial charge in [-0.2, -0.15) is 0 Å². The second-order valence-electron chi connectivity index (χ2n) is 7.69. The summed E-state index contributed by atoms with van der Waals surface area (Å²) >= 11 is 0. The van der Waals surface area contributed by atoms with Gasteiger partial charge in [0.1, 0.15) is 0 Å². The van der Waals surface area contributed by atoms with Crippen LogP contribution in [0.15, 0.2) is 97.1 Å². The van der Waals surface area contributed by atoms with Gasteiger partial charge in [-0.15, -0.1) is 0 Å². The maximum atomic E-state index is 13.5. The van der Waals surface area contributed by atoms with Crippen LogP contribution in [-0.4, -0.2) is 48.4 Å². The van der Waals surface area contributed by atoms with Crippen molar-refractivity contribution >= 4 is 12.0 Å². The largest absolute Gasteiger partial charge is 0.339 e. The highest BCUT2D eigenvalue weighted by molar-refractivity contribution is 5.87. The summed E-state index contributed by atoms with van der Waals surface area (Å²) < 4.78 is 0. The van der Waals surface area contributed by atoms with Crippen molar-refractivity contribution in [2.24, 2.45) is 0 Å². The van der Waals surface area contributed by atoms with E-state index in [9.17, 15) is 4.79 Å². The van der Waals surface area contributed by atoms with Crippen LogP contribution in [0.5, 0.6) is 0 Å². The zero-order chi connectivity index (χ0) is 20.6. The average molecular weight is 397 g/mol. The molecule has 3 nitrogen and oxygen atoms in total. The van der Waals surface area contributed by atoms with Crippen molar-refractivity contribution in [3.63, 3.8) is 0 Å². The lowest BCUT2D eigenvalue weighted by molar-refractivity contribution is -0.133. The molecule has 0 aliphatic carbocycles. The Balaban J connectivity index is 1.39. The van der Waals surface area contributed by atoms with Crippen LogP contribution in [0.25, 0.3) is 6.08 Å². The minimum atomic E-state index is -0.239. The lowest BCUT2D eigenvalue weighted by Gasteiger charge is -2.36. The maximum Gasteiger partial charge on any atom is 0.234 e. The Morgan fingerprint density at radius 3 is 1.77 bits per heavy atom. The van der Waals surface area contributed by atoms with Crippen molar-refractivity contribution in [1.29, 1.82) is 0 Å². The van der Waals surface area contributed by atoms with Crippen LogP contribution in [0.2, 0.25) is 0 Å². The summed E-state index contributed by atoms with van der Waals surface area (Å²) in [7, 11) is 0. The van der Waals surface area contributed by atoms with Crippen LogP contribution in [-0.2, 0) is 4.79 Å². The smallest absolute Gasteiger partial charge is 0.234 e. The number of hydrogen-bond acceptors (Lipinski definition) is 2. The van der Waals surface area contributed by atoms with Gasteiger partial charge in [0, 0.05) is 32.7 Å². The summed E-state index contributed by atoms with van der Waals surface area (Å²) in [6, 6.07) is 30.6. The zero-order valence-electron chi connectivity index (χ0n) is 17.2. The Hall–Kier alpha value is -3.17.